The van der Waals surface area contributed by atoms with Crippen molar-refractivity contribution in [1.82, 2.24) is 0 Å². The Labute approximate surface area is 117 Å². The van der Waals surface area contributed by atoms with Gasteiger partial charge in [0.1, 0.15) is 5.75 Å². The predicted octanol–water partition coefficient (Wildman–Crippen LogP) is 3.13. The number of rotatable bonds is 4. The predicted molar refractivity (Wildman–Crippen MR) is 77.7 cm³/mol. The number of amides is 1. The Morgan fingerprint density at radius 2 is 1.75 bits per heavy atom. The topological polar surface area (TPSA) is 49.8 Å². The molecule has 1 N–H and O–H groups in total. The zero-order chi connectivity index (χ0) is 14.4. The number of benzene rings is 2. The van der Waals surface area contributed by atoms with Gasteiger partial charge in [-0.05, 0) is 35.9 Å². The lowest BCUT2D eigenvalue weighted by molar-refractivity contribution is -0.118. The molecule has 1 amide bonds. The summed E-state index contributed by atoms with van der Waals surface area (Å²) in [6.45, 7) is 0. The molecule has 0 unspecified atom stereocenters. The first kappa shape index (κ1) is 13.8. The number of hydrogen-bond donors (Lipinski definition) is 1. The molecule has 0 aliphatic heterocycles. The number of anilines is 1. The summed E-state index contributed by atoms with van der Waals surface area (Å²) in [6, 6.07) is 16.0. The maximum atomic E-state index is 11.8. The molecule has 0 fully saturated rings. The molecule has 0 atom stereocenters. The van der Waals surface area contributed by atoms with Crippen LogP contribution in [0.1, 0.15) is 5.56 Å². The number of carbonyl (C=O) groups is 1. The van der Waals surface area contributed by atoms with E-state index in [1.54, 1.807) is 37.5 Å². The van der Waals surface area contributed by atoms with Crippen molar-refractivity contribution in [2.24, 2.45) is 0 Å². The molecule has 0 radical (unpaired) electrons. The van der Waals surface area contributed by atoms with Crippen molar-refractivity contribution in [3.8, 4) is 5.75 Å². The number of nitrogens with zero attached hydrogens (tertiary/aromatic N) is 1. The molecule has 0 saturated carbocycles. The van der Waals surface area contributed by atoms with Crippen LogP contribution in [0.5, 0.6) is 5.75 Å². The summed E-state index contributed by atoms with van der Waals surface area (Å²) >= 11 is 0. The highest BCUT2D eigenvalue weighted by Gasteiger charge is 2.09. The normalized spacial score (nSPS) is 10.5. The molecule has 0 aromatic heterocycles. The summed E-state index contributed by atoms with van der Waals surface area (Å²) in [5.41, 5.74) is 1.28. The SMILES string of the molecule is COc1ccc(N(O)C(=O)/C=C/c2ccccc2)cc1. The van der Waals surface area contributed by atoms with Crippen LogP contribution in [-0.4, -0.2) is 18.2 Å². The van der Waals surface area contributed by atoms with Crippen LogP contribution in [-0.2, 0) is 4.79 Å². The van der Waals surface area contributed by atoms with Crippen molar-refractivity contribution >= 4 is 17.7 Å². The fraction of sp³-hybridized carbons (Fsp3) is 0.0625. The zero-order valence-corrected chi connectivity index (χ0v) is 11.1. The van der Waals surface area contributed by atoms with E-state index < -0.39 is 5.91 Å². The highest BCUT2D eigenvalue weighted by atomic mass is 16.5. The average Bonchev–Trinajstić information content (AvgIpc) is 2.53. The van der Waals surface area contributed by atoms with E-state index in [1.807, 2.05) is 30.3 Å². The minimum Gasteiger partial charge on any atom is -0.497 e. The Morgan fingerprint density at radius 1 is 1.10 bits per heavy atom. The van der Waals surface area contributed by atoms with Crippen LogP contribution in [0.2, 0.25) is 0 Å². The van der Waals surface area contributed by atoms with Gasteiger partial charge < -0.3 is 4.74 Å². The Morgan fingerprint density at radius 3 is 2.35 bits per heavy atom. The van der Waals surface area contributed by atoms with Crippen LogP contribution in [0.3, 0.4) is 0 Å². The maximum Gasteiger partial charge on any atom is 0.274 e. The van der Waals surface area contributed by atoms with Crippen LogP contribution in [0, 0.1) is 0 Å². The van der Waals surface area contributed by atoms with Gasteiger partial charge in [0.25, 0.3) is 5.91 Å². The smallest absolute Gasteiger partial charge is 0.274 e. The molecule has 0 spiro atoms. The average molecular weight is 269 g/mol. The van der Waals surface area contributed by atoms with E-state index in [9.17, 15) is 10.0 Å². The quantitative estimate of drug-likeness (QED) is 0.527. The largest absolute Gasteiger partial charge is 0.497 e. The third-order valence-corrected chi connectivity index (χ3v) is 2.74. The first-order valence-electron chi connectivity index (χ1n) is 6.11. The standard InChI is InChI=1S/C16H15NO3/c1-20-15-10-8-14(9-11-15)17(19)16(18)12-7-13-5-3-2-4-6-13/h2-12,19H,1H3/b12-7+. The van der Waals surface area contributed by atoms with Gasteiger partial charge in [0, 0.05) is 6.08 Å². The minimum absolute atomic E-state index is 0.383. The Hall–Kier alpha value is -2.59. The highest BCUT2D eigenvalue weighted by molar-refractivity contribution is 6.02. The van der Waals surface area contributed by atoms with Crippen LogP contribution < -0.4 is 9.80 Å². The van der Waals surface area contributed by atoms with E-state index in [2.05, 4.69) is 0 Å². The Bertz CT molecular complexity index is 591. The monoisotopic (exact) mass is 269 g/mol. The van der Waals surface area contributed by atoms with Crippen molar-refractivity contribution in [3.05, 3.63) is 66.2 Å². The number of methoxy groups -OCH3 is 1. The van der Waals surface area contributed by atoms with Gasteiger partial charge in [-0.2, -0.15) is 5.06 Å². The molecule has 2 aromatic carbocycles. The summed E-state index contributed by atoms with van der Waals surface area (Å²) in [5, 5.41) is 10.4. The molecule has 0 aliphatic rings. The third-order valence-electron chi connectivity index (χ3n) is 2.74. The first-order chi connectivity index (χ1) is 9.70. The molecule has 2 aromatic rings. The second-order valence-corrected chi connectivity index (χ2v) is 4.09. The summed E-state index contributed by atoms with van der Waals surface area (Å²) < 4.78 is 5.02. The number of hydroxylamine groups is 1. The molecular weight excluding hydrogens is 254 g/mol. The van der Waals surface area contributed by atoms with Crippen LogP contribution >= 0.6 is 0 Å². The van der Waals surface area contributed by atoms with Gasteiger partial charge in [-0.1, -0.05) is 30.3 Å². The van der Waals surface area contributed by atoms with Crippen molar-refractivity contribution in [2.45, 2.75) is 0 Å². The molecule has 2 rings (SSSR count). The summed E-state index contributed by atoms with van der Waals surface area (Å²) in [4.78, 5) is 11.8. The second kappa shape index (κ2) is 6.54. The summed E-state index contributed by atoms with van der Waals surface area (Å²) in [7, 11) is 1.56. The lowest BCUT2D eigenvalue weighted by atomic mass is 10.2. The van der Waals surface area contributed by atoms with Gasteiger partial charge in [-0.15, -0.1) is 0 Å². The molecule has 4 nitrogen and oxygen atoms in total. The van der Waals surface area contributed by atoms with Crippen LogP contribution in [0.4, 0.5) is 5.69 Å². The first-order valence-corrected chi connectivity index (χ1v) is 6.11. The fourth-order valence-electron chi connectivity index (χ4n) is 1.65. The molecule has 20 heavy (non-hydrogen) atoms. The molecule has 0 bridgehead atoms. The molecule has 4 heteroatoms. The Balaban J connectivity index is 2.06. The van der Waals surface area contributed by atoms with Crippen molar-refractivity contribution in [2.75, 3.05) is 12.2 Å². The number of carbonyl (C=O) groups excluding carboxylic acids is 1. The number of hydrogen-bond acceptors (Lipinski definition) is 3. The lowest BCUT2D eigenvalue weighted by Gasteiger charge is -2.13. The second-order valence-electron chi connectivity index (χ2n) is 4.09. The molecule has 0 saturated heterocycles. The molecular formula is C16H15NO3. The van der Waals surface area contributed by atoms with E-state index in [1.165, 1.54) is 6.08 Å². The third kappa shape index (κ3) is 3.46. The zero-order valence-electron chi connectivity index (χ0n) is 11.1. The fourth-order valence-corrected chi connectivity index (χ4v) is 1.65. The van der Waals surface area contributed by atoms with E-state index in [0.717, 1.165) is 5.56 Å². The molecule has 102 valence electrons. The molecule has 0 heterocycles. The summed E-state index contributed by atoms with van der Waals surface area (Å²) in [5.74, 6) is 0.147. The van der Waals surface area contributed by atoms with Gasteiger partial charge in [0.05, 0.1) is 12.8 Å². The maximum absolute atomic E-state index is 11.8. The van der Waals surface area contributed by atoms with E-state index in [-0.39, 0.29) is 0 Å². The Kier molecular flexibility index (Phi) is 4.52. The van der Waals surface area contributed by atoms with Crippen molar-refractivity contribution in [1.29, 1.82) is 0 Å². The summed E-state index contributed by atoms with van der Waals surface area (Å²) in [6.07, 6.45) is 2.97. The van der Waals surface area contributed by atoms with Gasteiger partial charge in [0.2, 0.25) is 0 Å². The van der Waals surface area contributed by atoms with Crippen LogP contribution in [0.25, 0.3) is 6.08 Å². The van der Waals surface area contributed by atoms with Gasteiger partial charge >= 0.3 is 0 Å². The van der Waals surface area contributed by atoms with Crippen LogP contribution in [0.15, 0.2) is 60.7 Å². The highest BCUT2D eigenvalue weighted by Crippen LogP contribution is 2.18. The van der Waals surface area contributed by atoms with E-state index >= 15 is 0 Å². The molecule has 0 aliphatic carbocycles. The van der Waals surface area contributed by atoms with E-state index in [0.29, 0.717) is 16.5 Å². The van der Waals surface area contributed by atoms with Crippen molar-refractivity contribution in [3.63, 3.8) is 0 Å². The van der Waals surface area contributed by atoms with E-state index in [4.69, 9.17) is 4.74 Å². The van der Waals surface area contributed by atoms with Gasteiger partial charge in [0.15, 0.2) is 0 Å². The number of ether oxygens (including phenoxy) is 1. The van der Waals surface area contributed by atoms with Crippen molar-refractivity contribution < 1.29 is 14.7 Å². The lowest BCUT2D eigenvalue weighted by Crippen LogP contribution is -2.24. The van der Waals surface area contributed by atoms with Gasteiger partial charge in [-0.25, -0.2) is 0 Å². The van der Waals surface area contributed by atoms with Gasteiger partial charge in [-0.3, -0.25) is 10.0 Å². The minimum atomic E-state index is -0.515.